The molecule has 0 aliphatic carbocycles. The van der Waals surface area contributed by atoms with Gasteiger partial charge in [0.2, 0.25) is 0 Å². The average molecular weight is 994 g/mol. The minimum Gasteiger partial charge on any atom is -0.152 e. The minimum atomic E-state index is 0. The summed E-state index contributed by atoms with van der Waals surface area (Å²) in [5.74, 6) is 3.62. The van der Waals surface area contributed by atoms with Crippen LogP contribution in [-0.2, 0) is 0 Å². The third-order valence-electron chi connectivity index (χ3n) is 3.27. The molecule has 0 aliphatic rings. The Morgan fingerprint density at radius 1 is 0.342 bits per heavy atom. The fourth-order valence-corrected chi connectivity index (χ4v) is 6.56. The molecule has 0 atom stereocenters. The second-order valence-corrected chi connectivity index (χ2v) is 12.0. The summed E-state index contributed by atoms with van der Waals surface area (Å²) >= 11 is 26.2. The van der Waals surface area contributed by atoms with Crippen molar-refractivity contribution >= 4 is 141 Å². The molecule has 10 heteroatoms. The summed E-state index contributed by atoms with van der Waals surface area (Å²) in [5.41, 5.74) is 5.46. The molecule has 0 N–H and O–H groups in total. The molecule has 4 rings (SSSR count). The third kappa shape index (κ3) is 29.2. The second kappa shape index (κ2) is 38.7. The molecule has 0 aliphatic heterocycles. The number of hydrogen-bond acceptors (Lipinski definition) is 4. The lowest BCUT2D eigenvalue weighted by molar-refractivity contribution is 1.41. The van der Waals surface area contributed by atoms with Crippen LogP contribution in [0.25, 0.3) is 0 Å². The van der Waals surface area contributed by atoms with Gasteiger partial charge >= 0.3 is 0 Å². The second-order valence-electron chi connectivity index (χ2n) is 5.61. The van der Waals surface area contributed by atoms with Crippen LogP contribution in [0, 0.1) is 27.7 Å². The van der Waals surface area contributed by atoms with Crippen molar-refractivity contribution in [2.45, 2.75) is 72.3 Å². The first-order chi connectivity index (χ1) is 15.2. The van der Waals surface area contributed by atoms with Crippen molar-refractivity contribution in [2.75, 3.05) is 11.7 Å². The van der Waals surface area contributed by atoms with Gasteiger partial charge < -0.3 is 0 Å². The molecule has 0 amide bonds. The zero-order valence-electron chi connectivity index (χ0n) is 18.5. The van der Waals surface area contributed by atoms with Crippen molar-refractivity contribution in [3.63, 3.8) is 0 Å². The number of rotatable bonds is 0. The summed E-state index contributed by atoms with van der Waals surface area (Å²) in [6.45, 7) is 8.43. The van der Waals surface area contributed by atoms with E-state index in [9.17, 15) is 0 Å². The SMILES string of the molecule is Brc1cscc1Br.C.C.C.C.C.C.CBr.CBr.Cc1cscc1Br.Cc1cscc1Br.Cc1cscc1C. The Labute approximate surface area is 304 Å². The molecule has 38 heavy (non-hydrogen) atoms. The summed E-state index contributed by atoms with van der Waals surface area (Å²) < 4.78 is 4.71. The van der Waals surface area contributed by atoms with Gasteiger partial charge in [-0.3, -0.25) is 0 Å². The largest absolute Gasteiger partial charge is 0.152 e. The lowest BCUT2D eigenvalue weighted by Gasteiger charge is -1.79. The molecule has 4 aromatic heterocycles. The fraction of sp³-hybridized carbons (Fsp3) is 0.429. The topological polar surface area (TPSA) is 0 Å². The van der Waals surface area contributed by atoms with E-state index in [-0.39, 0.29) is 44.6 Å². The van der Waals surface area contributed by atoms with E-state index in [1.807, 2.05) is 22.4 Å². The molecule has 0 saturated carbocycles. The van der Waals surface area contributed by atoms with Crippen LogP contribution in [-0.4, -0.2) is 11.7 Å². The van der Waals surface area contributed by atoms with Crippen LogP contribution in [0.4, 0.5) is 0 Å². The van der Waals surface area contributed by atoms with Crippen molar-refractivity contribution in [1.82, 2.24) is 0 Å². The Kier molecular flexibility index (Phi) is 60.2. The van der Waals surface area contributed by atoms with Gasteiger partial charge in [0.1, 0.15) is 0 Å². The van der Waals surface area contributed by atoms with E-state index in [2.05, 4.69) is 156 Å². The summed E-state index contributed by atoms with van der Waals surface area (Å²) in [4.78, 5) is 0. The lowest BCUT2D eigenvalue weighted by Crippen LogP contribution is -1.63. The molecule has 4 heterocycles. The van der Waals surface area contributed by atoms with Gasteiger partial charge in [-0.05, 0) is 147 Å². The monoisotopic (exact) mass is 988 g/mol. The van der Waals surface area contributed by atoms with Crippen LogP contribution in [0.15, 0.2) is 60.9 Å². The third-order valence-corrected chi connectivity index (χ3v) is 11.5. The summed E-state index contributed by atoms with van der Waals surface area (Å²) in [6.07, 6.45) is 0. The molecule has 4 aromatic rings. The van der Waals surface area contributed by atoms with Gasteiger partial charge in [0, 0.05) is 39.4 Å². The Balaban J connectivity index is -0.0000000479. The molecule has 0 unspecified atom stereocenters. The molecular formula is C28H50Br6S4. The Bertz CT molecular complexity index is 724. The highest BCUT2D eigenvalue weighted by Gasteiger charge is 1.91. The predicted octanol–water partition coefficient (Wildman–Crippen LogP) is 17.1. The van der Waals surface area contributed by atoms with Gasteiger partial charge in [-0.25, -0.2) is 0 Å². The van der Waals surface area contributed by atoms with E-state index < -0.39 is 0 Å². The van der Waals surface area contributed by atoms with Gasteiger partial charge in [-0.1, -0.05) is 76.4 Å². The first-order valence-electron chi connectivity index (χ1n) is 8.71. The van der Waals surface area contributed by atoms with E-state index in [0.29, 0.717) is 0 Å². The number of thiophene rings is 4. The molecule has 0 aromatic carbocycles. The maximum Gasteiger partial charge on any atom is 0.0424 e. The van der Waals surface area contributed by atoms with E-state index in [1.165, 1.54) is 31.2 Å². The fourth-order valence-electron chi connectivity index (χ4n) is 1.38. The summed E-state index contributed by atoms with van der Waals surface area (Å²) in [7, 11) is 0. The summed E-state index contributed by atoms with van der Waals surface area (Å²) in [5, 5.41) is 16.8. The van der Waals surface area contributed by atoms with Gasteiger partial charge in [-0.2, -0.15) is 45.3 Å². The molecule has 0 nitrogen and oxygen atoms in total. The molecule has 0 radical (unpaired) electrons. The van der Waals surface area contributed by atoms with Crippen molar-refractivity contribution in [3.8, 4) is 0 Å². The minimum absolute atomic E-state index is 0. The standard InChI is InChI=1S/C6H8S.2C5H5BrS.C4H2Br2S.2CH3Br.6CH4/c1-5-3-7-4-6(5)2;2*1-4-2-7-3-5(4)6;5-3-1-7-2-4(3)6;2*1-2;;;;;;/h3-4H,1-2H3;2*2-3H,1H3;1-2H;2*1H3;6*1H4. The Morgan fingerprint density at radius 2 is 0.526 bits per heavy atom. The quantitative estimate of drug-likeness (QED) is 0.154. The van der Waals surface area contributed by atoms with Crippen molar-refractivity contribution in [3.05, 3.63) is 83.2 Å². The van der Waals surface area contributed by atoms with E-state index in [1.54, 1.807) is 45.3 Å². The smallest absolute Gasteiger partial charge is 0.0424 e. The number of aryl methyl sites for hydroxylation is 4. The average Bonchev–Trinajstić information content (AvgIpc) is 3.57. The molecule has 0 spiro atoms. The highest BCUT2D eigenvalue weighted by atomic mass is 79.9. The van der Waals surface area contributed by atoms with Gasteiger partial charge in [0.25, 0.3) is 0 Å². The van der Waals surface area contributed by atoms with Gasteiger partial charge in [0.05, 0.1) is 0 Å². The highest BCUT2D eigenvalue weighted by molar-refractivity contribution is 9.13. The molecule has 0 saturated heterocycles. The van der Waals surface area contributed by atoms with Crippen LogP contribution in [0.1, 0.15) is 66.8 Å². The van der Waals surface area contributed by atoms with Crippen LogP contribution in [0.3, 0.4) is 0 Å². The number of alkyl halides is 2. The zero-order chi connectivity index (χ0) is 25.1. The number of halogens is 6. The Hall–Kier alpha value is 1.68. The van der Waals surface area contributed by atoms with Crippen LogP contribution in [0.5, 0.6) is 0 Å². The lowest BCUT2D eigenvalue weighted by atomic mass is 10.2. The van der Waals surface area contributed by atoms with Crippen LogP contribution < -0.4 is 0 Å². The van der Waals surface area contributed by atoms with Gasteiger partial charge in [-0.15, -0.1) is 0 Å². The van der Waals surface area contributed by atoms with E-state index in [4.69, 9.17) is 0 Å². The molecule has 0 fully saturated rings. The maximum absolute atomic E-state index is 3.38. The number of hydrogen-bond donors (Lipinski definition) is 0. The van der Waals surface area contributed by atoms with E-state index >= 15 is 0 Å². The van der Waals surface area contributed by atoms with Gasteiger partial charge in [0.15, 0.2) is 0 Å². The zero-order valence-corrected chi connectivity index (χ0v) is 31.3. The molecule has 228 valence electrons. The Morgan fingerprint density at radius 3 is 0.605 bits per heavy atom. The first-order valence-corrected chi connectivity index (χ1v) is 18.8. The predicted molar refractivity (Wildman–Crippen MR) is 217 cm³/mol. The highest BCUT2D eigenvalue weighted by Crippen LogP contribution is 2.26. The van der Waals surface area contributed by atoms with Crippen molar-refractivity contribution < 1.29 is 0 Å². The normalized spacial score (nSPS) is 7.26. The maximum atomic E-state index is 3.38. The summed E-state index contributed by atoms with van der Waals surface area (Å²) in [6, 6.07) is 0. The van der Waals surface area contributed by atoms with Crippen LogP contribution >= 0.6 is 141 Å². The van der Waals surface area contributed by atoms with Crippen molar-refractivity contribution in [1.29, 1.82) is 0 Å². The van der Waals surface area contributed by atoms with Crippen molar-refractivity contribution in [2.24, 2.45) is 0 Å². The molecule has 0 bridgehead atoms. The first kappa shape index (κ1) is 59.2. The van der Waals surface area contributed by atoms with Crippen LogP contribution in [0.2, 0.25) is 0 Å². The van der Waals surface area contributed by atoms with E-state index in [0.717, 1.165) is 8.95 Å². The molecular weight excluding hydrogens is 944 g/mol.